The fraction of sp³-hybridized carbons (Fsp3) is 0.920. The quantitative estimate of drug-likeness (QED) is 0.142. The molecule has 1 atom stereocenters. The predicted molar refractivity (Wildman–Crippen MR) is 125 cm³/mol. The topological polar surface area (TPSA) is 63.6 Å². The Bertz CT molecular complexity index is 443. The summed E-state index contributed by atoms with van der Waals surface area (Å²) in [6.45, 7) is 5.12. The maximum Gasteiger partial charge on any atom is 0.307 e. The second-order valence-corrected chi connectivity index (χ2v) is 10.4. The number of nitrogens with zero attached hydrogens (tertiary/aromatic N) is 1. The molecule has 0 rings (SSSR count). The molecule has 0 aliphatic heterocycles. The third-order valence-corrected chi connectivity index (χ3v) is 5.36. The smallest absolute Gasteiger partial charge is 0.307 e. The lowest BCUT2D eigenvalue weighted by molar-refractivity contribution is -0.873. The molecule has 5 heteroatoms. The lowest BCUT2D eigenvalue weighted by atomic mass is 10.0. The summed E-state index contributed by atoms with van der Waals surface area (Å²) >= 11 is 0. The van der Waals surface area contributed by atoms with Crippen molar-refractivity contribution in [3.05, 3.63) is 0 Å². The Hall–Kier alpha value is -1.10. The van der Waals surface area contributed by atoms with Crippen molar-refractivity contribution in [2.45, 2.75) is 116 Å². The number of ether oxygens (including phenoxy) is 1. The van der Waals surface area contributed by atoms with Gasteiger partial charge in [0.15, 0.2) is 6.10 Å². The summed E-state index contributed by atoms with van der Waals surface area (Å²) in [5.41, 5.74) is 0. The van der Waals surface area contributed by atoms with E-state index in [1.54, 1.807) is 0 Å². The molecular weight excluding hydrogens is 378 g/mol. The number of rotatable bonds is 20. The van der Waals surface area contributed by atoms with Crippen LogP contribution in [0.1, 0.15) is 110 Å². The van der Waals surface area contributed by atoms with Gasteiger partial charge in [0.25, 0.3) is 0 Å². The SMILES string of the molecule is CC(C)CCCCCCCCCCCCCCC(=O)OC(CC(=O)O)C[N+](C)(C)C. The lowest BCUT2D eigenvalue weighted by Crippen LogP contribution is -2.43. The summed E-state index contributed by atoms with van der Waals surface area (Å²) in [7, 11) is 5.91. The predicted octanol–water partition coefficient (Wildman–Crippen LogP) is 6.20. The number of carboxylic acid groups (broad SMARTS) is 1. The van der Waals surface area contributed by atoms with Crippen LogP contribution in [0.2, 0.25) is 0 Å². The van der Waals surface area contributed by atoms with Gasteiger partial charge in [0, 0.05) is 6.42 Å². The zero-order valence-electron chi connectivity index (χ0n) is 20.6. The maximum absolute atomic E-state index is 12.0. The standard InChI is InChI=1S/C25H49NO4/c1-22(2)18-16-14-12-10-8-6-7-9-11-13-15-17-19-25(29)30-23(20-24(27)28)21-26(3,4)5/h22-23H,6-21H2,1-5H3/p+1. The fourth-order valence-corrected chi connectivity index (χ4v) is 3.78. The van der Waals surface area contributed by atoms with E-state index >= 15 is 0 Å². The normalized spacial score (nSPS) is 12.9. The molecule has 0 aliphatic carbocycles. The average molecular weight is 429 g/mol. The fourth-order valence-electron chi connectivity index (χ4n) is 3.78. The number of aliphatic carboxylic acids is 1. The molecule has 0 saturated carbocycles. The minimum absolute atomic E-state index is 0.126. The molecule has 0 heterocycles. The number of unbranched alkanes of at least 4 members (excludes halogenated alkanes) is 11. The number of hydrogen-bond acceptors (Lipinski definition) is 3. The van der Waals surface area contributed by atoms with E-state index in [-0.39, 0.29) is 12.4 Å². The highest BCUT2D eigenvalue weighted by Gasteiger charge is 2.24. The first-order valence-electron chi connectivity index (χ1n) is 12.3. The van der Waals surface area contributed by atoms with Gasteiger partial charge in [0.1, 0.15) is 6.54 Å². The third-order valence-electron chi connectivity index (χ3n) is 5.36. The molecule has 0 aromatic carbocycles. The Morgan fingerprint density at radius 2 is 1.20 bits per heavy atom. The van der Waals surface area contributed by atoms with E-state index in [1.165, 1.54) is 70.6 Å². The van der Waals surface area contributed by atoms with E-state index < -0.39 is 12.1 Å². The second kappa shape index (κ2) is 17.6. The molecule has 178 valence electrons. The van der Waals surface area contributed by atoms with Crippen molar-refractivity contribution in [2.75, 3.05) is 27.7 Å². The zero-order valence-corrected chi connectivity index (χ0v) is 20.6. The van der Waals surface area contributed by atoms with Crippen LogP contribution in [0.5, 0.6) is 0 Å². The van der Waals surface area contributed by atoms with Gasteiger partial charge in [-0.2, -0.15) is 0 Å². The molecule has 0 spiro atoms. The molecule has 0 saturated heterocycles. The molecule has 0 aromatic rings. The van der Waals surface area contributed by atoms with Crippen molar-refractivity contribution >= 4 is 11.9 Å². The van der Waals surface area contributed by atoms with E-state index in [0.717, 1.165) is 18.8 Å². The van der Waals surface area contributed by atoms with E-state index in [2.05, 4.69) is 13.8 Å². The number of carbonyl (C=O) groups is 2. The van der Waals surface area contributed by atoms with Gasteiger partial charge in [0.2, 0.25) is 0 Å². The number of carbonyl (C=O) groups excluding carboxylic acids is 1. The van der Waals surface area contributed by atoms with Gasteiger partial charge in [-0.15, -0.1) is 0 Å². The number of esters is 1. The van der Waals surface area contributed by atoms with Crippen molar-refractivity contribution in [2.24, 2.45) is 5.92 Å². The van der Waals surface area contributed by atoms with Gasteiger partial charge in [-0.1, -0.05) is 90.9 Å². The monoisotopic (exact) mass is 428 g/mol. The number of hydrogen-bond donors (Lipinski definition) is 1. The van der Waals surface area contributed by atoms with Crippen molar-refractivity contribution < 1.29 is 23.9 Å². The Kier molecular flexibility index (Phi) is 16.9. The number of quaternary nitrogens is 1. The first-order valence-corrected chi connectivity index (χ1v) is 12.3. The van der Waals surface area contributed by atoms with Crippen LogP contribution in [-0.2, 0) is 14.3 Å². The minimum atomic E-state index is -0.924. The van der Waals surface area contributed by atoms with Gasteiger partial charge >= 0.3 is 11.9 Å². The van der Waals surface area contributed by atoms with E-state index in [1.807, 2.05) is 21.1 Å². The Balaban J connectivity index is 3.58. The van der Waals surface area contributed by atoms with Crippen LogP contribution >= 0.6 is 0 Å². The van der Waals surface area contributed by atoms with Crippen molar-refractivity contribution in [3.8, 4) is 0 Å². The summed E-state index contributed by atoms with van der Waals surface area (Å²) < 4.78 is 5.99. The zero-order chi connectivity index (χ0) is 22.8. The Labute approximate surface area is 186 Å². The molecule has 30 heavy (non-hydrogen) atoms. The molecule has 0 aromatic heterocycles. The minimum Gasteiger partial charge on any atom is -0.481 e. The van der Waals surface area contributed by atoms with Crippen LogP contribution in [0.25, 0.3) is 0 Å². The highest BCUT2D eigenvalue weighted by atomic mass is 16.5. The molecule has 1 unspecified atom stereocenters. The third kappa shape index (κ3) is 21.6. The molecule has 0 radical (unpaired) electrons. The van der Waals surface area contributed by atoms with E-state index in [0.29, 0.717) is 17.4 Å². The van der Waals surface area contributed by atoms with Crippen LogP contribution in [0, 0.1) is 5.92 Å². The molecule has 0 amide bonds. The summed E-state index contributed by atoms with van der Waals surface area (Å²) in [5, 5.41) is 9.01. The Morgan fingerprint density at radius 1 is 0.767 bits per heavy atom. The van der Waals surface area contributed by atoms with E-state index in [9.17, 15) is 9.59 Å². The summed E-state index contributed by atoms with van der Waals surface area (Å²) in [6, 6.07) is 0. The molecule has 5 nitrogen and oxygen atoms in total. The van der Waals surface area contributed by atoms with Gasteiger partial charge in [-0.05, 0) is 12.3 Å². The summed E-state index contributed by atoms with van der Waals surface area (Å²) in [4.78, 5) is 23.0. The van der Waals surface area contributed by atoms with Gasteiger partial charge < -0.3 is 14.3 Å². The number of likely N-dealkylation sites (N-methyl/N-ethyl adjacent to an activating group) is 1. The number of carboxylic acids is 1. The second-order valence-electron chi connectivity index (χ2n) is 10.4. The first kappa shape index (κ1) is 28.9. The summed E-state index contributed by atoms with van der Waals surface area (Å²) in [6.07, 6.45) is 16.3. The largest absolute Gasteiger partial charge is 0.481 e. The lowest BCUT2D eigenvalue weighted by Gasteiger charge is -2.28. The van der Waals surface area contributed by atoms with Crippen LogP contribution in [0.4, 0.5) is 0 Å². The summed E-state index contributed by atoms with van der Waals surface area (Å²) in [5.74, 6) is -0.340. The Morgan fingerprint density at radius 3 is 1.60 bits per heavy atom. The van der Waals surface area contributed by atoms with Crippen molar-refractivity contribution in [3.63, 3.8) is 0 Å². The van der Waals surface area contributed by atoms with Crippen molar-refractivity contribution in [1.82, 2.24) is 0 Å². The highest BCUT2D eigenvalue weighted by Crippen LogP contribution is 2.15. The van der Waals surface area contributed by atoms with Gasteiger partial charge in [-0.25, -0.2) is 0 Å². The van der Waals surface area contributed by atoms with E-state index in [4.69, 9.17) is 9.84 Å². The molecule has 0 bridgehead atoms. The van der Waals surface area contributed by atoms with Crippen LogP contribution in [0.15, 0.2) is 0 Å². The highest BCUT2D eigenvalue weighted by molar-refractivity contribution is 5.71. The molecular formula is C25H50NO4+. The van der Waals surface area contributed by atoms with Crippen LogP contribution in [0.3, 0.4) is 0 Å². The molecule has 1 N–H and O–H groups in total. The molecule has 0 aliphatic rings. The first-order chi connectivity index (χ1) is 14.1. The van der Waals surface area contributed by atoms with Crippen LogP contribution in [-0.4, -0.2) is 55.3 Å². The van der Waals surface area contributed by atoms with Gasteiger partial charge in [0.05, 0.1) is 27.6 Å². The average Bonchev–Trinajstić information content (AvgIpc) is 2.59. The van der Waals surface area contributed by atoms with Crippen LogP contribution < -0.4 is 0 Å². The molecule has 0 fully saturated rings. The van der Waals surface area contributed by atoms with Gasteiger partial charge in [-0.3, -0.25) is 9.59 Å². The maximum atomic E-state index is 12.0. The van der Waals surface area contributed by atoms with Crippen molar-refractivity contribution in [1.29, 1.82) is 0 Å².